The van der Waals surface area contributed by atoms with E-state index in [1.165, 1.54) is 44.1 Å². The van der Waals surface area contributed by atoms with Crippen LogP contribution in [0.5, 0.6) is 0 Å². The van der Waals surface area contributed by atoms with E-state index in [1.807, 2.05) is 0 Å². The topological polar surface area (TPSA) is 63.6 Å². The summed E-state index contributed by atoms with van der Waals surface area (Å²) in [6.45, 7) is 17.0. The molecule has 4 heteroatoms. The van der Waals surface area contributed by atoms with E-state index in [4.69, 9.17) is 4.74 Å². The van der Waals surface area contributed by atoms with Gasteiger partial charge in [-0.25, -0.2) is 0 Å². The number of esters is 1. The van der Waals surface area contributed by atoms with Crippen LogP contribution in [0.15, 0.2) is 11.6 Å². The van der Waals surface area contributed by atoms with Crippen LogP contribution < -0.4 is 0 Å². The highest BCUT2D eigenvalue weighted by molar-refractivity contribution is 5.95. The highest BCUT2D eigenvalue weighted by Crippen LogP contribution is 2.75. The third-order valence-electron chi connectivity index (χ3n) is 15.2. The Morgan fingerprint density at radius 2 is 1.56 bits per heavy atom. The summed E-state index contributed by atoms with van der Waals surface area (Å²) in [5, 5.41) is 11.0. The smallest absolute Gasteiger partial charge is 0.311 e. The molecule has 0 aliphatic heterocycles. The minimum atomic E-state index is -0.480. The first-order valence-corrected chi connectivity index (χ1v) is 17.2. The zero-order valence-corrected chi connectivity index (χ0v) is 27.2. The zero-order chi connectivity index (χ0) is 29.6. The fraction of sp³-hybridized carbons (Fsp3) is 0.892. The average molecular weight is 567 g/mol. The van der Waals surface area contributed by atoms with E-state index in [0.29, 0.717) is 24.2 Å². The molecule has 1 N–H and O–H groups in total. The van der Waals surface area contributed by atoms with Crippen molar-refractivity contribution in [2.24, 2.45) is 56.2 Å². The van der Waals surface area contributed by atoms with Gasteiger partial charge in [0, 0.05) is 5.92 Å². The Labute approximate surface area is 249 Å². The molecule has 6 rings (SSSR count). The number of fused-ring (bicyclic) bond motifs is 7. The van der Waals surface area contributed by atoms with Gasteiger partial charge in [0.25, 0.3) is 0 Å². The summed E-state index contributed by atoms with van der Waals surface area (Å²) < 4.78 is 6.08. The van der Waals surface area contributed by atoms with Crippen molar-refractivity contribution in [1.29, 1.82) is 0 Å². The van der Waals surface area contributed by atoms with Gasteiger partial charge in [-0.05, 0) is 128 Å². The number of allylic oxidation sites excluding steroid dienone is 2. The van der Waals surface area contributed by atoms with Crippen molar-refractivity contribution in [2.45, 2.75) is 144 Å². The fourth-order valence-corrected chi connectivity index (χ4v) is 12.1. The van der Waals surface area contributed by atoms with Gasteiger partial charge in [0.1, 0.15) is 0 Å². The standard InChI is InChI=1S/C37H58O4/c1-32(2)28-13-16-37(7)30(35(28,5)15-14-29(32)39)27(38)21-25-26-22-34(4,18-17-33(26,3)19-20-36(25,37)6)31(40)41-23-24-11-9-8-10-12-24/h21,24,26,28-30,39H,8-20,22-23H2,1-7H3/t26-,28?,29-,30?,33+,34-,35-,36+,37+/m0/s1. The monoisotopic (exact) mass is 566 g/mol. The number of carbonyl (C=O) groups excluding carboxylic acids is 2. The van der Waals surface area contributed by atoms with Crippen LogP contribution in [0.1, 0.15) is 138 Å². The first-order chi connectivity index (χ1) is 19.1. The summed E-state index contributed by atoms with van der Waals surface area (Å²) in [5.41, 5.74) is 0.597. The minimum Gasteiger partial charge on any atom is -0.465 e. The third kappa shape index (κ3) is 4.21. The molecule has 2 unspecified atom stereocenters. The lowest BCUT2D eigenvalue weighted by atomic mass is 9.33. The number of hydrogen-bond donors (Lipinski definition) is 1. The summed E-state index contributed by atoms with van der Waals surface area (Å²) in [6, 6.07) is 0. The number of carbonyl (C=O) groups is 2. The SMILES string of the molecule is CC1(C)C2CC[C@]3(C)C(C(=O)C=C4[C@@H]5C[C@@](C)(C(=O)OCC6CCCCC6)CC[C@]5(C)CC[C@]43C)[C@@]2(C)CC[C@@H]1O. The number of ether oxygens (including phenoxy) is 1. The normalized spacial score (nSPS) is 49.6. The van der Waals surface area contributed by atoms with Gasteiger partial charge in [-0.1, -0.05) is 66.4 Å². The van der Waals surface area contributed by atoms with E-state index in [1.54, 1.807) is 0 Å². The van der Waals surface area contributed by atoms with Crippen molar-refractivity contribution in [3.63, 3.8) is 0 Å². The van der Waals surface area contributed by atoms with Gasteiger partial charge in [0.2, 0.25) is 0 Å². The van der Waals surface area contributed by atoms with E-state index >= 15 is 0 Å². The largest absolute Gasteiger partial charge is 0.465 e. The maximum absolute atomic E-state index is 14.5. The number of aliphatic hydroxyl groups excluding tert-OH is 1. The lowest BCUT2D eigenvalue weighted by Crippen LogP contribution is -2.66. The van der Waals surface area contributed by atoms with E-state index in [9.17, 15) is 14.7 Å². The Morgan fingerprint density at radius 3 is 2.27 bits per heavy atom. The lowest BCUT2D eigenvalue weighted by molar-refractivity contribution is -0.202. The summed E-state index contributed by atoms with van der Waals surface area (Å²) in [4.78, 5) is 28.2. The maximum Gasteiger partial charge on any atom is 0.311 e. The summed E-state index contributed by atoms with van der Waals surface area (Å²) in [5.74, 6) is 1.45. The molecule has 0 radical (unpaired) electrons. The number of ketones is 1. The van der Waals surface area contributed by atoms with Crippen LogP contribution in [0.25, 0.3) is 0 Å². The Bertz CT molecular complexity index is 1120. The number of aliphatic hydroxyl groups is 1. The molecule has 0 spiro atoms. The average Bonchev–Trinajstić information content (AvgIpc) is 2.92. The third-order valence-corrected chi connectivity index (χ3v) is 15.2. The van der Waals surface area contributed by atoms with E-state index in [0.717, 1.165) is 51.4 Å². The van der Waals surface area contributed by atoms with Crippen LogP contribution >= 0.6 is 0 Å². The molecular formula is C37H58O4. The molecule has 6 aliphatic carbocycles. The molecule has 0 saturated heterocycles. The Kier molecular flexibility index (Phi) is 7.05. The van der Waals surface area contributed by atoms with E-state index in [2.05, 4.69) is 54.5 Å². The Hall–Kier alpha value is -1.16. The predicted molar refractivity (Wildman–Crippen MR) is 163 cm³/mol. The minimum absolute atomic E-state index is 0.000221. The van der Waals surface area contributed by atoms with Gasteiger partial charge < -0.3 is 9.84 Å². The van der Waals surface area contributed by atoms with E-state index < -0.39 is 5.41 Å². The van der Waals surface area contributed by atoms with Crippen molar-refractivity contribution >= 4 is 11.8 Å². The molecule has 6 aliphatic rings. The van der Waals surface area contributed by atoms with Gasteiger partial charge in [0.05, 0.1) is 18.1 Å². The Balaban J connectivity index is 1.31. The molecule has 0 heterocycles. The van der Waals surface area contributed by atoms with Crippen LogP contribution in [0.4, 0.5) is 0 Å². The first-order valence-electron chi connectivity index (χ1n) is 17.2. The molecule has 0 bridgehead atoms. The molecule has 0 aromatic heterocycles. The molecule has 0 aromatic rings. The maximum atomic E-state index is 14.5. The molecule has 41 heavy (non-hydrogen) atoms. The first kappa shape index (κ1) is 29.9. The lowest BCUT2D eigenvalue weighted by Gasteiger charge is -2.70. The molecule has 5 fully saturated rings. The van der Waals surface area contributed by atoms with Gasteiger partial charge in [0.15, 0.2) is 5.78 Å². The molecule has 9 atom stereocenters. The van der Waals surface area contributed by atoms with Gasteiger partial charge in [-0.15, -0.1) is 0 Å². The van der Waals surface area contributed by atoms with Gasteiger partial charge in [-0.3, -0.25) is 9.59 Å². The van der Waals surface area contributed by atoms with Crippen LogP contribution in [-0.4, -0.2) is 29.6 Å². The second-order valence-electron chi connectivity index (χ2n) is 17.7. The van der Waals surface area contributed by atoms with Crippen LogP contribution in [-0.2, 0) is 14.3 Å². The molecular weight excluding hydrogens is 508 g/mol. The molecule has 0 amide bonds. The summed E-state index contributed by atoms with van der Waals surface area (Å²) in [7, 11) is 0. The van der Waals surface area contributed by atoms with Crippen molar-refractivity contribution in [3.05, 3.63) is 11.6 Å². The summed E-state index contributed by atoms with van der Waals surface area (Å²) in [6.07, 6.45) is 16.9. The highest BCUT2D eigenvalue weighted by Gasteiger charge is 2.70. The van der Waals surface area contributed by atoms with Crippen molar-refractivity contribution in [1.82, 2.24) is 0 Å². The van der Waals surface area contributed by atoms with Crippen molar-refractivity contribution in [2.75, 3.05) is 6.61 Å². The van der Waals surface area contributed by atoms with Crippen molar-refractivity contribution < 1.29 is 19.4 Å². The molecule has 5 saturated carbocycles. The van der Waals surface area contributed by atoms with Crippen LogP contribution in [0.3, 0.4) is 0 Å². The predicted octanol–water partition coefficient (Wildman–Crippen LogP) is 8.45. The van der Waals surface area contributed by atoms with Gasteiger partial charge >= 0.3 is 5.97 Å². The van der Waals surface area contributed by atoms with Crippen LogP contribution in [0, 0.1) is 56.2 Å². The quantitative estimate of drug-likeness (QED) is 0.348. The number of rotatable bonds is 3. The summed E-state index contributed by atoms with van der Waals surface area (Å²) >= 11 is 0. The molecule has 230 valence electrons. The second kappa shape index (κ2) is 9.67. The molecule has 0 aromatic carbocycles. The highest BCUT2D eigenvalue weighted by atomic mass is 16.5. The fourth-order valence-electron chi connectivity index (χ4n) is 12.1. The Morgan fingerprint density at radius 1 is 0.878 bits per heavy atom. The van der Waals surface area contributed by atoms with E-state index in [-0.39, 0.29) is 51.0 Å². The van der Waals surface area contributed by atoms with Crippen molar-refractivity contribution in [3.8, 4) is 0 Å². The zero-order valence-electron chi connectivity index (χ0n) is 27.2. The second-order valence-corrected chi connectivity index (χ2v) is 17.7. The molecule has 4 nitrogen and oxygen atoms in total. The van der Waals surface area contributed by atoms with Gasteiger partial charge in [-0.2, -0.15) is 0 Å². The van der Waals surface area contributed by atoms with Crippen LogP contribution in [0.2, 0.25) is 0 Å². The number of hydrogen-bond acceptors (Lipinski definition) is 4.